The second-order valence-corrected chi connectivity index (χ2v) is 8.47. The Hall–Kier alpha value is -1.02. The van der Waals surface area contributed by atoms with Crippen molar-refractivity contribution in [2.24, 2.45) is 0 Å². The Kier molecular flexibility index (Phi) is 6.13. The third-order valence-corrected chi connectivity index (χ3v) is 6.44. The summed E-state index contributed by atoms with van der Waals surface area (Å²) in [6.45, 7) is 0.852. The van der Waals surface area contributed by atoms with Crippen LogP contribution in [-0.2, 0) is 10.0 Å². The zero-order valence-corrected chi connectivity index (χ0v) is 15.7. The topological polar surface area (TPSA) is 58.2 Å². The Balaban J connectivity index is 0.00000192. The van der Waals surface area contributed by atoms with Crippen LogP contribution in [0.4, 0.5) is 11.4 Å². The van der Waals surface area contributed by atoms with Crippen molar-refractivity contribution in [1.82, 2.24) is 0 Å². The summed E-state index contributed by atoms with van der Waals surface area (Å²) in [7, 11) is -3.58. The van der Waals surface area contributed by atoms with Crippen molar-refractivity contribution in [2.45, 2.75) is 14.7 Å². The standard InChI is InChI=1S/C15H16N2O2S3.ClH/c1-20-12-4-2-3-11(9-12)17-22(18,19)13-5-6-15-14(10-13)16-7-8-21-15;/h2-6,9-10,16-17H,7-8H2,1H3;1H. The van der Waals surface area contributed by atoms with E-state index in [0.29, 0.717) is 5.69 Å². The van der Waals surface area contributed by atoms with Crippen molar-refractivity contribution < 1.29 is 8.42 Å². The van der Waals surface area contributed by atoms with Crippen LogP contribution < -0.4 is 10.0 Å². The van der Waals surface area contributed by atoms with E-state index in [9.17, 15) is 8.42 Å². The number of hydrogen-bond acceptors (Lipinski definition) is 5. The molecule has 0 amide bonds. The summed E-state index contributed by atoms with van der Waals surface area (Å²) >= 11 is 3.31. The number of rotatable bonds is 4. The van der Waals surface area contributed by atoms with Crippen LogP contribution in [0.2, 0.25) is 0 Å². The molecule has 0 saturated carbocycles. The molecule has 0 bridgehead atoms. The zero-order chi connectivity index (χ0) is 15.6. The summed E-state index contributed by atoms with van der Waals surface area (Å²) in [5.41, 5.74) is 1.46. The summed E-state index contributed by atoms with van der Waals surface area (Å²) in [5, 5.41) is 3.24. The lowest BCUT2D eigenvalue weighted by molar-refractivity contribution is 0.601. The van der Waals surface area contributed by atoms with Gasteiger partial charge >= 0.3 is 0 Å². The maximum absolute atomic E-state index is 12.5. The molecule has 0 radical (unpaired) electrons. The summed E-state index contributed by atoms with van der Waals surface area (Å²) in [6.07, 6.45) is 1.96. The molecule has 2 aromatic carbocycles. The summed E-state index contributed by atoms with van der Waals surface area (Å²) < 4.78 is 27.7. The van der Waals surface area contributed by atoms with E-state index in [1.807, 2.05) is 30.5 Å². The molecule has 124 valence electrons. The number of hydrogen-bond donors (Lipinski definition) is 2. The van der Waals surface area contributed by atoms with Crippen molar-refractivity contribution in [1.29, 1.82) is 0 Å². The first kappa shape index (κ1) is 18.3. The Morgan fingerprint density at radius 3 is 2.83 bits per heavy atom. The van der Waals surface area contributed by atoms with Crippen LogP contribution in [0.5, 0.6) is 0 Å². The average Bonchev–Trinajstić information content (AvgIpc) is 2.54. The first-order valence-electron chi connectivity index (χ1n) is 6.76. The second-order valence-electron chi connectivity index (χ2n) is 4.77. The summed E-state index contributed by atoms with van der Waals surface area (Å²) in [6, 6.07) is 12.6. The van der Waals surface area contributed by atoms with Gasteiger partial charge in [-0.15, -0.1) is 35.9 Å². The molecule has 2 aromatic rings. The van der Waals surface area contributed by atoms with Crippen molar-refractivity contribution in [3.05, 3.63) is 42.5 Å². The smallest absolute Gasteiger partial charge is 0.261 e. The minimum absolute atomic E-state index is 0. The van der Waals surface area contributed by atoms with E-state index in [4.69, 9.17) is 0 Å². The number of nitrogens with one attached hydrogen (secondary N) is 2. The molecule has 1 heterocycles. The molecular weight excluding hydrogens is 372 g/mol. The molecule has 1 aliphatic heterocycles. The molecular formula is C15H17ClN2O2S3. The van der Waals surface area contributed by atoms with Crippen molar-refractivity contribution in [2.75, 3.05) is 28.6 Å². The lowest BCUT2D eigenvalue weighted by Crippen LogP contribution is -2.15. The van der Waals surface area contributed by atoms with Crippen LogP contribution in [0.25, 0.3) is 0 Å². The molecule has 0 aromatic heterocycles. The van der Waals surface area contributed by atoms with Crippen molar-refractivity contribution in [3.63, 3.8) is 0 Å². The van der Waals surface area contributed by atoms with Crippen LogP contribution in [0, 0.1) is 0 Å². The molecule has 23 heavy (non-hydrogen) atoms. The number of halogens is 1. The Labute approximate surface area is 151 Å². The predicted octanol–water partition coefficient (Wildman–Crippen LogP) is 4.15. The normalized spacial score (nSPS) is 13.4. The SMILES string of the molecule is CSc1cccc(NS(=O)(=O)c2ccc3c(c2)NCCS3)c1.Cl. The predicted molar refractivity (Wildman–Crippen MR) is 102 cm³/mol. The maximum atomic E-state index is 12.5. The molecule has 0 saturated heterocycles. The van der Waals surface area contributed by atoms with E-state index in [1.54, 1.807) is 41.7 Å². The van der Waals surface area contributed by atoms with Crippen LogP contribution in [0.1, 0.15) is 0 Å². The Bertz CT molecular complexity index is 797. The number of anilines is 2. The lowest BCUT2D eigenvalue weighted by Gasteiger charge is -2.18. The Morgan fingerprint density at radius 2 is 2.04 bits per heavy atom. The fourth-order valence-electron chi connectivity index (χ4n) is 2.19. The van der Waals surface area contributed by atoms with Crippen molar-refractivity contribution in [3.8, 4) is 0 Å². The van der Waals surface area contributed by atoms with Crippen LogP contribution in [0.15, 0.2) is 57.2 Å². The van der Waals surface area contributed by atoms with E-state index in [0.717, 1.165) is 27.8 Å². The van der Waals surface area contributed by atoms with Gasteiger partial charge in [0.25, 0.3) is 10.0 Å². The van der Waals surface area contributed by atoms with Gasteiger partial charge in [-0.25, -0.2) is 8.42 Å². The largest absolute Gasteiger partial charge is 0.383 e. The first-order chi connectivity index (χ1) is 10.6. The number of fused-ring (bicyclic) bond motifs is 1. The van der Waals surface area contributed by atoms with Gasteiger partial charge in [0, 0.05) is 33.5 Å². The number of sulfonamides is 1. The molecule has 1 aliphatic rings. The maximum Gasteiger partial charge on any atom is 0.261 e. The Morgan fingerprint density at radius 1 is 1.22 bits per heavy atom. The third-order valence-electron chi connectivity index (χ3n) is 3.26. The monoisotopic (exact) mass is 388 g/mol. The molecule has 0 atom stereocenters. The van der Waals surface area contributed by atoms with Gasteiger partial charge in [0.2, 0.25) is 0 Å². The molecule has 2 N–H and O–H groups in total. The molecule has 0 unspecified atom stereocenters. The molecule has 0 fully saturated rings. The van der Waals surface area contributed by atoms with Gasteiger partial charge in [0.15, 0.2) is 0 Å². The lowest BCUT2D eigenvalue weighted by atomic mass is 10.3. The van der Waals surface area contributed by atoms with E-state index in [1.165, 1.54) is 0 Å². The van der Waals surface area contributed by atoms with E-state index in [-0.39, 0.29) is 17.3 Å². The van der Waals surface area contributed by atoms with Gasteiger partial charge in [-0.2, -0.15) is 0 Å². The third kappa shape index (κ3) is 4.29. The van der Waals surface area contributed by atoms with Gasteiger partial charge in [-0.3, -0.25) is 4.72 Å². The van der Waals surface area contributed by atoms with E-state index >= 15 is 0 Å². The van der Waals surface area contributed by atoms with Gasteiger partial charge in [-0.1, -0.05) is 6.07 Å². The summed E-state index contributed by atoms with van der Waals surface area (Å²) in [5.74, 6) is 0.999. The molecule has 0 aliphatic carbocycles. The fraction of sp³-hybridized carbons (Fsp3) is 0.200. The summed E-state index contributed by atoms with van der Waals surface area (Å²) in [4.78, 5) is 2.38. The highest BCUT2D eigenvalue weighted by molar-refractivity contribution is 7.99. The minimum atomic E-state index is -3.58. The van der Waals surface area contributed by atoms with E-state index in [2.05, 4.69) is 10.0 Å². The first-order valence-corrected chi connectivity index (χ1v) is 10.5. The second kappa shape index (κ2) is 7.70. The van der Waals surface area contributed by atoms with Crippen LogP contribution in [0.3, 0.4) is 0 Å². The van der Waals surface area contributed by atoms with Crippen LogP contribution in [-0.4, -0.2) is 27.0 Å². The van der Waals surface area contributed by atoms with Gasteiger partial charge in [-0.05, 0) is 42.7 Å². The van der Waals surface area contributed by atoms with Gasteiger partial charge < -0.3 is 5.32 Å². The highest BCUT2D eigenvalue weighted by Crippen LogP contribution is 2.33. The molecule has 3 rings (SSSR count). The quantitative estimate of drug-likeness (QED) is 0.770. The van der Waals surface area contributed by atoms with E-state index < -0.39 is 10.0 Å². The zero-order valence-electron chi connectivity index (χ0n) is 12.4. The number of benzene rings is 2. The average molecular weight is 389 g/mol. The fourth-order valence-corrected chi connectivity index (χ4v) is 4.60. The molecule has 0 spiro atoms. The minimum Gasteiger partial charge on any atom is -0.383 e. The molecule has 8 heteroatoms. The van der Waals surface area contributed by atoms with Crippen molar-refractivity contribution >= 4 is 57.3 Å². The van der Waals surface area contributed by atoms with Gasteiger partial charge in [0.05, 0.1) is 4.90 Å². The van der Waals surface area contributed by atoms with Crippen LogP contribution >= 0.6 is 35.9 Å². The highest BCUT2D eigenvalue weighted by Gasteiger charge is 2.18. The molecule has 4 nitrogen and oxygen atoms in total. The van der Waals surface area contributed by atoms with Gasteiger partial charge in [0.1, 0.15) is 0 Å². The number of thioether (sulfide) groups is 2. The highest BCUT2D eigenvalue weighted by atomic mass is 35.5.